The largest absolute Gasteiger partial charge is 0.507 e. The molecule has 0 saturated carbocycles. The zero-order valence-corrected chi connectivity index (χ0v) is 32.6. The molecule has 2 aromatic rings. The van der Waals surface area contributed by atoms with Gasteiger partial charge in [-0.05, 0) is 36.1 Å². The van der Waals surface area contributed by atoms with E-state index in [9.17, 15) is 54.6 Å². The van der Waals surface area contributed by atoms with Gasteiger partial charge >= 0.3 is 0 Å². The third kappa shape index (κ3) is 7.83. The van der Waals surface area contributed by atoms with Crippen molar-refractivity contribution in [1.82, 2.24) is 15.5 Å². The predicted molar refractivity (Wildman–Crippen MR) is 208 cm³/mol. The van der Waals surface area contributed by atoms with Crippen LogP contribution in [0.1, 0.15) is 61.4 Å². The number of methoxy groups -OCH3 is 1. The number of aliphatic hydroxyl groups excluding tert-OH is 4. The van der Waals surface area contributed by atoms with Gasteiger partial charge in [0.05, 0.1) is 37.3 Å². The topological polar surface area (TPSA) is 326 Å². The molecule has 6 unspecified atom stereocenters. The maximum Gasteiger partial charge on any atom is 0.253 e. The van der Waals surface area contributed by atoms with Gasteiger partial charge in [0, 0.05) is 79.5 Å². The summed E-state index contributed by atoms with van der Waals surface area (Å²) in [6, 6.07) is 2.49. The first-order valence-electron chi connectivity index (χ1n) is 18.8. The van der Waals surface area contributed by atoms with E-state index in [1.54, 1.807) is 6.08 Å². The number of rotatable bonds is 15. The van der Waals surface area contributed by atoms with Gasteiger partial charge in [-0.15, -0.1) is 0 Å². The van der Waals surface area contributed by atoms with Crippen LogP contribution in [-0.2, 0) is 38.7 Å². The molecular weight excluding hydrogens is 788 g/mol. The summed E-state index contributed by atoms with van der Waals surface area (Å²) in [6.45, 7) is -1.96. The van der Waals surface area contributed by atoms with Crippen molar-refractivity contribution in [2.45, 2.75) is 62.6 Å². The van der Waals surface area contributed by atoms with Crippen LogP contribution in [0.15, 0.2) is 52.8 Å². The van der Waals surface area contributed by atoms with Gasteiger partial charge in [0.1, 0.15) is 47.4 Å². The van der Waals surface area contributed by atoms with Gasteiger partial charge in [-0.3, -0.25) is 29.1 Å². The predicted octanol–water partition coefficient (Wildman–Crippen LogP) is -2.36. The van der Waals surface area contributed by atoms with Crippen molar-refractivity contribution >= 4 is 35.6 Å². The van der Waals surface area contributed by atoms with Crippen LogP contribution in [0.4, 0.5) is 0 Å². The number of aromatic hydroxyl groups is 1. The van der Waals surface area contributed by atoms with E-state index in [0.717, 1.165) is 23.1 Å². The molecule has 60 heavy (non-hydrogen) atoms. The number of benzene rings is 2. The number of guanidine groups is 1. The fourth-order valence-electron chi connectivity index (χ4n) is 7.95. The number of nitrogens with two attached hydrogens (primary N) is 2. The minimum absolute atomic E-state index is 0.00544. The number of ether oxygens (including phenoxy) is 3. The number of phenolic OH excluding ortho intramolecular Hbond substituents is 1. The molecule has 6 rings (SSSR count). The Balaban J connectivity index is 1.38. The maximum atomic E-state index is 14.6. The highest BCUT2D eigenvalue weighted by Crippen LogP contribution is 2.46. The van der Waals surface area contributed by atoms with E-state index >= 15 is 0 Å². The van der Waals surface area contributed by atoms with Crippen LogP contribution in [0.5, 0.6) is 17.2 Å². The third-order valence-corrected chi connectivity index (χ3v) is 11.1. The number of ketones is 2. The monoisotopic (exact) mass is 834 g/mol. The molecule has 3 aliphatic heterocycles. The van der Waals surface area contributed by atoms with Crippen molar-refractivity contribution in [2.24, 2.45) is 22.4 Å². The zero-order chi connectivity index (χ0) is 43.6. The number of dihydropyridines is 1. The van der Waals surface area contributed by atoms with Gasteiger partial charge in [-0.1, -0.05) is 6.08 Å². The average molecular weight is 835 g/mol. The van der Waals surface area contributed by atoms with E-state index in [-0.39, 0.29) is 72.3 Å². The van der Waals surface area contributed by atoms with Gasteiger partial charge in [0.25, 0.3) is 11.8 Å². The first-order valence-corrected chi connectivity index (χ1v) is 18.8. The third-order valence-electron chi connectivity index (χ3n) is 11.1. The van der Waals surface area contributed by atoms with Gasteiger partial charge in [0.2, 0.25) is 12.1 Å². The summed E-state index contributed by atoms with van der Waals surface area (Å²) in [7, 11) is 2.64. The molecule has 3 heterocycles. The average Bonchev–Trinajstić information content (AvgIpc) is 3.55. The Kier molecular flexibility index (Phi) is 12.7. The molecule has 1 aliphatic carbocycles. The van der Waals surface area contributed by atoms with Crippen LogP contribution in [-0.4, -0.2) is 135 Å². The zero-order valence-electron chi connectivity index (χ0n) is 32.6. The van der Waals surface area contributed by atoms with Crippen molar-refractivity contribution in [3.8, 4) is 17.2 Å². The standard InChI is InChI=1S/C40H46N6O14/c1-43-39(42)45-14-22-19(4-3-9-47)10-21-31(34(22)53)35(54)32-25(12-24(58-2)23(16-48)30(32)33(21)52)59-38-36(55)37(56)40(57,26(17-49)60-38)13-20(18-7-8-44-27(41)11-18)15-46-28(50)5-6-29(46)51/h5-7,9-12,20,26,36-38,44,48-49,53,55-57H,3-4,8,13-17,41H2,1-2H3,(H3,42,43,45). The summed E-state index contributed by atoms with van der Waals surface area (Å²) in [5, 5.41) is 73.7. The van der Waals surface area contributed by atoms with Crippen LogP contribution in [0.25, 0.3) is 0 Å². The molecule has 0 aromatic heterocycles. The molecule has 1 saturated heterocycles. The molecule has 12 N–H and O–H groups in total. The Bertz CT molecular complexity index is 2210. The number of aldehydes is 1. The summed E-state index contributed by atoms with van der Waals surface area (Å²) < 4.78 is 17.4. The molecule has 0 radical (unpaired) electrons. The number of carbonyl (C=O) groups is 5. The van der Waals surface area contributed by atoms with E-state index in [1.165, 1.54) is 26.3 Å². The Labute approximate surface area is 342 Å². The number of hydrogen-bond acceptors (Lipinski definition) is 17. The highest BCUT2D eigenvalue weighted by Gasteiger charge is 2.57. The van der Waals surface area contributed by atoms with Gasteiger partial charge < -0.3 is 71.7 Å². The van der Waals surface area contributed by atoms with Crippen molar-refractivity contribution in [1.29, 1.82) is 0 Å². The fourth-order valence-corrected chi connectivity index (χ4v) is 7.95. The highest BCUT2D eigenvalue weighted by molar-refractivity contribution is 6.31. The fraction of sp³-hybridized carbons (Fsp3) is 0.400. The number of phenols is 1. The van der Waals surface area contributed by atoms with Crippen LogP contribution < -0.4 is 31.6 Å². The maximum absolute atomic E-state index is 14.6. The number of aliphatic hydroxyl groups is 5. The molecule has 0 spiro atoms. The van der Waals surface area contributed by atoms with Crippen LogP contribution in [0.2, 0.25) is 0 Å². The lowest BCUT2D eigenvalue weighted by Crippen LogP contribution is -2.68. The molecule has 6 atom stereocenters. The summed E-state index contributed by atoms with van der Waals surface area (Å²) in [5.74, 6) is -4.93. The second-order valence-electron chi connectivity index (χ2n) is 14.5. The lowest BCUT2D eigenvalue weighted by atomic mass is 9.75. The number of allylic oxidation sites excluding steroid dienone is 1. The molecule has 20 heteroatoms. The van der Waals surface area contributed by atoms with Crippen LogP contribution >= 0.6 is 0 Å². The molecular formula is C40H46N6O14. The lowest BCUT2D eigenvalue weighted by molar-refractivity contribution is -0.316. The van der Waals surface area contributed by atoms with Gasteiger partial charge in [-0.25, -0.2) is 0 Å². The van der Waals surface area contributed by atoms with Crippen molar-refractivity contribution in [2.75, 3.05) is 33.9 Å². The summed E-state index contributed by atoms with van der Waals surface area (Å²) in [4.78, 5) is 70.2. The SMILES string of the molecule is CN=C(N)NCc1c(CCC=O)cc2c(c1O)C(=O)c1c(OC3OC(CO)C(O)(CC(CN4C(=O)C=CC4=O)C4=CCNC(N)=C4)C(O)C3O)cc(OC)c(CO)c1C2=O. The molecule has 320 valence electrons. The number of aryl methyl sites for hydroxylation is 1. The number of nitrogens with one attached hydrogen (secondary N) is 2. The number of hydrogen-bond donors (Lipinski definition) is 10. The number of nitrogens with zero attached hydrogens (tertiary/aromatic N) is 2. The van der Waals surface area contributed by atoms with E-state index in [4.69, 9.17) is 25.7 Å². The lowest BCUT2D eigenvalue weighted by Gasteiger charge is -2.49. The first kappa shape index (κ1) is 43.4. The number of imide groups is 1. The van der Waals surface area contributed by atoms with Crippen LogP contribution in [0.3, 0.4) is 0 Å². The minimum atomic E-state index is -2.47. The Morgan fingerprint density at radius 1 is 1.10 bits per heavy atom. The second kappa shape index (κ2) is 17.6. The van der Waals surface area contributed by atoms with Gasteiger partial charge in [-0.2, -0.15) is 0 Å². The van der Waals surface area contributed by atoms with Crippen LogP contribution in [0, 0.1) is 5.92 Å². The van der Waals surface area contributed by atoms with E-state index in [1.807, 2.05) is 0 Å². The summed E-state index contributed by atoms with van der Waals surface area (Å²) in [5.41, 5.74) is 8.60. The number of aliphatic imine (C=N–C) groups is 1. The second-order valence-corrected chi connectivity index (χ2v) is 14.5. The Morgan fingerprint density at radius 2 is 1.82 bits per heavy atom. The minimum Gasteiger partial charge on any atom is -0.507 e. The molecule has 2 amide bonds. The van der Waals surface area contributed by atoms with Crippen molar-refractivity contribution < 1.29 is 68.8 Å². The van der Waals surface area contributed by atoms with E-state index in [2.05, 4.69) is 15.6 Å². The van der Waals surface area contributed by atoms with E-state index in [0.29, 0.717) is 17.4 Å². The van der Waals surface area contributed by atoms with Gasteiger partial charge in [0.15, 0.2) is 11.7 Å². The Hall–Kier alpha value is -6.16. The number of carbonyl (C=O) groups excluding carboxylic acids is 5. The first-order chi connectivity index (χ1) is 28.6. The van der Waals surface area contributed by atoms with E-state index < -0.39 is 102 Å². The summed E-state index contributed by atoms with van der Waals surface area (Å²) >= 11 is 0. The normalized spacial score (nSPS) is 24.3. The smallest absolute Gasteiger partial charge is 0.253 e. The van der Waals surface area contributed by atoms with Crippen molar-refractivity contribution in [3.05, 3.63) is 86.8 Å². The molecule has 0 bridgehead atoms. The molecule has 4 aliphatic rings. The Morgan fingerprint density at radius 3 is 2.43 bits per heavy atom. The highest BCUT2D eigenvalue weighted by atomic mass is 16.7. The quantitative estimate of drug-likeness (QED) is 0.0331. The molecule has 1 fully saturated rings. The number of amides is 2. The number of fused-ring (bicyclic) bond motifs is 2. The van der Waals surface area contributed by atoms with Crippen molar-refractivity contribution in [3.63, 3.8) is 0 Å². The molecule has 20 nitrogen and oxygen atoms in total. The molecule has 2 aromatic carbocycles. The summed E-state index contributed by atoms with van der Waals surface area (Å²) in [6.07, 6.45) is -2.35.